The molecule has 2 unspecified atom stereocenters. The zero-order chi connectivity index (χ0) is 7.56. The van der Waals surface area contributed by atoms with Crippen LogP contribution in [-0.4, -0.2) is 35.6 Å². The van der Waals surface area contributed by atoms with Crippen LogP contribution in [0.3, 0.4) is 0 Å². The molecule has 0 spiro atoms. The van der Waals surface area contributed by atoms with Gasteiger partial charge in [0.05, 0.1) is 18.8 Å². The number of ether oxygens (including phenoxy) is 1. The van der Waals surface area contributed by atoms with Crippen LogP contribution in [0.5, 0.6) is 0 Å². The lowest BCUT2D eigenvalue weighted by Gasteiger charge is -2.12. The molecular weight excluding hydrogens is 132 g/mol. The number of rotatable bonds is 2. The fraction of sp³-hybridized carbons (Fsp3) is 1.00. The minimum absolute atomic E-state index is 0.0234. The average molecular weight is 146 g/mol. The standard InChI is InChI=1S/C7H14O3/c1-5-2-6(3-8)7(4-9)10-5/h5-9H,2-4H2,1H3/t5?,6?,7-/m1/s1. The van der Waals surface area contributed by atoms with Crippen molar-refractivity contribution in [3.05, 3.63) is 0 Å². The molecule has 1 aliphatic heterocycles. The van der Waals surface area contributed by atoms with Gasteiger partial charge in [-0.3, -0.25) is 0 Å². The molecule has 1 heterocycles. The first-order chi connectivity index (χ1) is 4.77. The fourth-order valence-electron chi connectivity index (χ4n) is 1.43. The molecular formula is C7H14O3. The normalized spacial score (nSPS) is 40.5. The van der Waals surface area contributed by atoms with Gasteiger partial charge in [-0.1, -0.05) is 0 Å². The maximum Gasteiger partial charge on any atom is 0.0860 e. The van der Waals surface area contributed by atoms with Crippen molar-refractivity contribution in [3.8, 4) is 0 Å². The molecule has 10 heavy (non-hydrogen) atoms. The second-order valence-electron chi connectivity index (χ2n) is 2.85. The first-order valence-electron chi connectivity index (χ1n) is 3.65. The van der Waals surface area contributed by atoms with Crippen LogP contribution in [0.15, 0.2) is 0 Å². The average Bonchev–Trinajstić information content (AvgIpc) is 2.30. The molecule has 1 saturated heterocycles. The third-order valence-corrected chi connectivity index (χ3v) is 1.98. The van der Waals surface area contributed by atoms with Crippen LogP contribution in [0.2, 0.25) is 0 Å². The number of hydrogen-bond acceptors (Lipinski definition) is 3. The van der Waals surface area contributed by atoms with Crippen molar-refractivity contribution in [3.63, 3.8) is 0 Å². The lowest BCUT2D eigenvalue weighted by atomic mass is 10.0. The van der Waals surface area contributed by atoms with E-state index in [0.29, 0.717) is 0 Å². The number of aliphatic hydroxyl groups excluding tert-OH is 2. The van der Waals surface area contributed by atoms with Gasteiger partial charge < -0.3 is 14.9 Å². The molecule has 0 aromatic rings. The highest BCUT2D eigenvalue weighted by molar-refractivity contribution is 4.78. The van der Waals surface area contributed by atoms with Gasteiger partial charge in [0.15, 0.2) is 0 Å². The van der Waals surface area contributed by atoms with Crippen molar-refractivity contribution in [2.24, 2.45) is 5.92 Å². The molecule has 1 rings (SSSR count). The minimum atomic E-state index is -0.139. The Morgan fingerprint density at radius 3 is 2.50 bits per heavy atom. The van der Waals surface area contributed by atoms with E-state index in [0.717, 1.165) is 6.42 Å². The molecule has 0 radical (unpaired) electrons. The molecule has 0 aromatic heterocycles. The third-order valence-electron chi connectivity index (χ3n) is 1.98. The quantitative estimate of drug-likeness (QED) is 0.565. The molecule has 3 atom stereocenters. The highest BCUT2D eigenvalue weighted by atomic mass is 16.5. The molecule has 0 aromatic carbocycles. The molecule has 3 nitrogen and oxygen atoms in total. The van der Waals surface area contributed by atoms with Crippen molar-refractivity contribution in [1.82, 2.24) is 0 Å². The zero-order valence-electron chi connectivity index (χ0n) is 6.16. The minimum Gasteiger partial charge on any atom is -0.396 e. The van der Waals surface area contributed by atoms with Crippen molar-refractivity contribution in [2.45, 2.75) is 25.6 Å². The van der Waals surface area contributed by atoms with Gasteiger partial charge in [-0.15, -0.1) is 0 Å². The number of aliphatic hydroxyl groups is 2. The summed E-state index contributed by atoms with van der Waals surface area (Å²) in [6.45, 7) is 2.10. The van der Waals surface area contributed by atoms with E-state index < -0.39 is 0 Å². The van der Waals surface area contributed by atoms with E-state index in [-0.39, 0.29) is 31.3 Å². The summed E-state index contributed by atoms with van der Waals surface area (Å²) in [5.41, 5.74) is 0. The number of hydrogen-bond donors (Lipinski definition) is 2. The molecule has 0 saturated carbocycles. The van der Waals surface area contributed by atoms with Crippen LogP contribution in [0.25, 0.3) is 0 Å². The van der Waals surface area contributed by atoms with Gasteiger partial charge in [0.1, 0.15) is 0 Å². The van der Waals surface area contributed by atoms with E-state index >= 15 is 0 Å². The van der Waals surface area contributed by atoms with Crippen LogP contribution in [0, 0.1) is 5.92 Å². The Morgan fingerprint density at radius 1 is 1.40 bits per heavy atom. The van der Waals surface area contributed by atoms with Gasteiger partial charge in [-0.25, -0.2) is 0 Å². The van der Waals surface area contributed by atoms with Gasteiger partial charge in [0, 0.05) is 12.5 Å². The van der Waals surface area contributed by atoms with Crippen LogP contribution in [0.4, 0.5) is 0 Å². The maximum atomic E-state index is 8.79. The molecule has 3 heteroatoms. The summed E-state index contributed by atoms with van der Waals surface area (Å²) in [5.74, 6) is 0.139. The van der Waals surface area contributed by atoms with Crippen LogP contribution < -0.4 is 0 Å². The van der Waals surface area contributed by atoms with Crippen molar-refractivity contribution in [2.75, 3.05) is 13.2 Å². The first-order valence-corrected chi connectivity index (χ1v) is 3.65. The van der Waals surface area contributed by atoms with E-state index in [2.05, 4.69) is 0 Å². The van der Waals surface area contributed by atoms with E-state index in [1.54, 1.807) is 0 Å². The second kappa shape index (κ2) is 3.32. The Balaban J connectivity index is 2.41. The van der Waals surface area contributed by atoms with E-state index in [1.807, 2.05) is 6.92 Å². The zero-order valence-corrected chi connectivity index (χ0v) is 6.16. The molecule has 0 bridgehead atoms. The smallest absolute Gasteiger partial charge is 0.0860 e. The van der Waals surface area contributed by atoms with Crippen LogP contribution in [-0.2, 0) is 4.74 Å². The first kappa shape index (κ1) is 7.98. The topological polar surface area (TPSA) is 49.7 Å². The molecule has 2 N–H and O–H groups in total. The fourth-order valence-corrected chi connectivity index (χ4v) is 1.43. The van der Waals surface area contributed by atoms with E-state index in [9.17, 15) is 0 Å². The van der Waals surface area contributed by atoms with Crippen LogP contribution >= 0.6 is 0 Å². The highest BCUT2D eigenvalue weighted by Gasteiger charge is 2.31. The van der Waals surface area contributed by atoms with Gasteiger partial charge in [-0.05, 0) is 13.3 Å². The molecule has 0 aliphatic carbocycles. The van der Waals surface area contributed by atoms with Crippen molar-refractivity contribution in [1.29, 1.82) is 0 Å². The summed E-state index contributed by atoms with van der Waals surface area (Å²) in [5, 5.41) is 17.5. The van der Waals surface area contributed by atoms with E-state index in [1.165, 1.54) is 0 Å². The maximum absolute atomic E-state index is 8.79. The Morgan fingerprint density at radius 2 is 2.10 bits per heavy atom. The lowest BCUT2D eigenvalue weighted by molar-refractivity contribution is -0.00108. The van der Waals surface area contributed by atoms with Gasteiger partial charge in [0.25, 0.3) is 0 Å². The molecule has 0 amide bonds. The van der Waals surface area contributed by atoms with Gasteiger partial charge >= 0.3 is 0 Å². The SMILES string of the molecule is CC1CC(CO)[C@@H](CO)O1. The molecule has 1 aliphatic rings. The van der Waals surface area contributed by atoms with E-state index in [4.69, 9.17) is 14.9 Å². The summed E-state index contributed by atoms with van der Waals surface area (Å²) in [6, 6.07) is 0. The van der Waals surface area contributed by atoms with Crippen molar-refractivity contribution < 1.29 is 14.9 Å². The summed E-state index contributed by atoms with van der Waals surface area (Å²) >= 11 is 0. The Labute approximate surface area is 60.6 Å². The summed E-state index contributed by atoms with van der Waals surface area (Å²) in [7, 11) is 0. The monoisotopic (exact) mass is 146 g/mol. The summed E-state index contributed by atoms with van der Waals surface area (Å²) in [6.07, 6.45) is 0.913. The Hall–Kier alpha value is -0.120. The van der Waals surface area contributed by atoms with Crippen molar-refractivity contribution >= 4 is 0 Å². The molecule has 1 fully saturated rings. The summed E-state index contributed by atoms with van der Waals surface area (Å²) < 4.78 is 5.30. The molecule has 60 valence electrons. The van der Waals surface area contributed by atoms with Gasteiger partial charge in [-0.2, -0.15) is 0 Å². The predicted molar refractivity (Wildman–Crippen MR) is 36.6 cm³/mol. The Bertz CT molecular complexity index is 93.0. The second-order valence-corrected chi connectivity index (χ2v) is 2.85. The largest absolute Gasteiger partial charge is 0.396 e. The van der Waals surface area contributed by atoms with Crippen LogP contribution in [0.1, 0.15) is 13.3 Å². The predicted octanol–water partition coefficient (Wildman–Crippen LogP) is -0.235. The lowest BCUT2D eigenvalue weighted by Crippen LogP contribution is -2.22. The van der Waals surface area contributed by atoms with Gasteiger partial charge in [0.2, 0.25) is 0 Å². The highest BCUT2D eigenvalue weighted by Crippen LogP contribution is 2.25. The summed E-state index contributed by atoms with van der Waals surface area (Å²) in [4.78, 5) is 0. The third kappa shape index (κ3) is 1.48. The Kier molecular flexibility index (Phi) is 2.65.